The van der Waals surface area contributed by atoms with Crippen LogP contribution >= 0.6 is 0 Å². The van der Waals surface area contributed by atoms with E-state index in [0.717, 1.165) is 52.1 Å². The molecule has 0 aromatic carbocycles. The van der Waals surface area contributed by atoms with E-state index >= 15 is 0 Å². The summed E-state index contributed by atoms with van der Waals surface area (Å²) in [5.74, 6) is 0.116. The molecule has 3 heterocycles. The molecular formula is C17H27N5O3. The first-order valence-electron chi connectivity index (χ1n) is 9.08. The summed E-state index contributed by atoms with van der Waals surface area (Å²) < 4.78 is 6.76. The van der Waals surface area contributed by atoms with E-state index in [1.54, 1.807) is 15.8 Å². The van der Waals surface area contributed by atoms with Crippen molar-refractivity contribution < 1.29 is 14.3 Å². The molecule has 138 valence electrons. The van der Waals surface area contributed by atoms with Gasteiger partial charge in [0.2, 0.25) is 5.91 Å². The Morgan fingerprint density at radius 2 is 2.04 bits per heavy atom. The van der Waals surface area contributed by atoms with Crippen LogP contribution in [0.3, 0.4) is 0 Å². The van der Waals surface area contributed by atoms with Crippen molar-refractivity contribution in [3.63, 3.8) is 0 Å². The molecular weight excluding hydrogens is 322 g/mol. The number of likely N-dealkylation sites (tertiary alicyclic amines) is 1. The van der Waals surface area contributed by atoms with E-state index in [4.69, 9.17) is 4.74 Å². The average molecular weight is 349 g/mol. The summed E-state index contributed by atoms with van der Waals surface area (Å²) in [5, 5.41) is 4.10. The number of carbonyl (C=O) groups is 2. The molecule has 1 atom stereocenters. The van der Waals surface area contributed by atoms with Crippen LogP contribution in [-0.4, -0.2) is 88.4 Å². The molecule has 0 aliphatic carbocycles. The smallest absolute Gasteiger partial charge is 0.409 e. The Kier molecular flexibility index (Phi) is 5.91. The van der Waals surface area contributed by atoms with Gasteiger partial charge in [-0.05, 0) is 25.8 Å². The van der Waals surface area contributed by atoms with Gasteiger partial charge in [0.1, 0.15) is 6.54 Å². The minimum atomic E-state index is -0.212. The lowest BCUT2D eigenvalue weighted by Crippen LogP contribution is -2.42. The van der Waals surface area contributed by atoms with Crippen molar-refractivity contribution in [3.8, 4) is 0 Å². The Morgan fingerprint density at radius 3 is 2.80 bits per heavy atom. The molecule has 2 fully saturated rings. The van der Waals surface area contributed by atoms with Crippen molar-refractivity contribution in [2.75, 3.05) is 45.9 Å². The van der Waals surface area contributed by atoms with Gasteiger partial charge in [0.05, 0.1) is 6.61 Å². The van der Waals surface area contributed by atoms with Gasteiger partial charge >= 0.3 is 6.09 Å². The van der Waals surface area contributed by atoms with Crippen molar-refractivity contribution in [2.24, 2.45) is 0 Å². The second-order valence-electron chi connectivity index (χ2n) is 6.56. The average Bonchev–Trinajstić information content (AvgIpc) is 3.23. The Labute approximate surface area is 148 Å². The highest BCUT2D eigenvalue weighted by molar-refractivity contribution is 5.75. The van der Waals surface area contributed by atoms with E-state index in [1.165, 1.54) is 0 Å². The Balaban J connectivity index is 1.48. The van der Waals surface area contributed by atoms with Crippen molar-refractivity contribution in [2.45, 2.75) is 32.4 Å². The van der Waals surface area contributed by atoms with Gasteiger partial charge in [-0.15, -0.1) is 0 Å². The number of hydrogen-bond acceptors (Lipinski definition) is 5. The minimum Gasteiger partial charge on any atom is -0.450 e. The van der Waals surface area contributed by atoms with E-state index in [1.807, 2.05) is 24.1 Å². The fraction of sp³-hybridized carbons (Fsp3) is 0.706. The zero-order valence-electron chi connectivity index (χ0n) is 14.8. The number of aromatic nitrogens is 2. The monoisotopic (exact) mass is 349 g/mol. The molecule has 8 heteroatoms. The van der Waals surface area contributed by atoms with Crippen LogP contribution in [0.15, 0.2) is 18.5 Å². The molecule has 8 nitrogen and oxygen atoms in total. The Bertz CT molecular complexity index is 577. The standard InChI is InChI=1S/C17H27N5O3/c1-2-25-17(24)21-10-5-15(13-21)19-7-4-8-20(12-11-19)16(23)14-22-9-3-6-18-22/h3,6,9,15H,2,4-5,7-8,10-14H2,1H3. The SMILES string of the molecule is CCOC(=O)N1CCC(N2CCCN(C(=O)Cn3cccn3)CC2)C1. The number of ether oxygens (including phenoxy) is 1. The zero-order valence-corrected chi connectivity index (χ0v) is 14.8. The highest BCUT2D eigenvalue weighted by Crippen LogP contribution is 2.18. The van der Waals surface area contributed by atoms with E-state index in [0.29, 0.717) is 19.2 Å². The number of hydrogen-bond donors (Lipinski definition) is 0. The first-order chi connectivity index (χ1) is 12.2. The molecule has 0 bridgehead atoms. The van der Waals surface area contributed by atoms with Crippen LogP contribution in [0.4, 0.5) is 4.79 Å². The minimum absolute atomic E-state index is 0.116. The predicted molar refractivity (Wildman–Crippen MR) is 92.0 cm³/mol. The van der Waals surface area contributed by atoms with Gasteiger partial charge in [0, 0.05) is 57.7 Å². The third-order valence-corrected chi connectivity index (χ3v) is 4.95. The maximum Gasteiger partial charge on any atom is 0.409 e. The number of rotatable bonds is 4. The quantitative estimate of drug-likeness (QED) is 0.798. The third-order valence-electron chi connectivity index (χ3n) is 4.95. The normalized spacial score (nSPS) is 22.0. The summed E-state index contributed by atoms with van der Waals surface area (Å²) in [6, 6.07) is 2.19. The van der Waals surface area contributed by atoms with Crippen molar-refractivity contribution in [1.29, 1.82) is 0 Å². The number of carbonyl (C=O) groups excluding carboxylic acids is 2. The fourth-order valence-corrected chi connectivity index (χ4v) is 3.60. The number of amides is 2. The highest BCUT2D eigenvalue weighted by atomic mass is 16.6. The van der Waals surface area contributed by atoms with Crippen LogP contribution in [-0.2, 0) is 16.1 Å². The Hall–Kier alpha value is -2.09. The molecule has 1 aromatic heterocycles. The molecule has 1 unspecified atom stereocenters. The lowest BCUT2D eigenvalue weighted by atomic mass is 10.2. The first kappa shape index (κ1) is 17.7. The van der Waals surface area contributed by atoms with Crippen LogP contribution < -0.4 is 0 Å². The molecule has 2 amide bonds. The molecule has 3 rings (SSSR count). The van der Waals surface area contributed by atoms with E-state index in [2.05, 4.69) is 10.00 Å². The second-order valence-corrected chi connectivity index (χ2v) is 6.56. The van der Waals surface area contributed by atoms with Crippen molar-refractivity contribution in [1.82, 2.24) is 24.5 Å². The van der Waals surface area contributed by atoms with Gasteiger partial charge in [-0.3, -0.25) is 14.4 Å². The van der Waals surface area contributed by atoms with Crippen LogP contribution in [0.1, 0.15) is 19.8 Å². The summed E-state index contributed by atoms with van der Waals surface area (Å²) in [6.45, 7) is 7.35. The lowest BCUT2D eigenvalue weighted by Gasteiger charge is -2.27. The first-order valence-corrected chi connectivity index (χ1v) is 9.08. The van der Waals surface area contributed by atoms with E-state index < -0.39 is 0 Å². The van der Waals surface area contributed by atoms with E-state index in [9.17, 15) is 9.59 Å². The van der Waals surface area contributed by atoms with Gasteiger partial charge in [-0.25, -0.2) is 4.79 Å². The van der Waals surface area contributed by atoms with Gasteiger partial charge in [0.25, 0.3) is 0 Å². The largest absolute Gasteiger partial charge is 0.450 e. The van der Waals surface area contributed by atoms with Crippen molar-refractivity contribution >= 4 is 12.0 Å². The fourth-order valence-electron chi connectivity index (χ4n) is 3.60. The molecule has 2 aliphatic heterocycles. The van der Waals surface area contributed by atoms with Crippen LogP contribution in [0, 0.1) is 0 Å². The molecule has 2 saturated heterocycles. The number of nitrogens with zero attached hydrogens (tertiary/aromatic N) is 5. The molecule has 1 aromatic rings. The third kappa shape index (κ3) is 4.50. The molecule has 0 spiro atoms. The molecule has 0 saturated carbocycles. The Morgan fingerprint density at radius 1 is 1.16 bits per heavy atom. The zero-order chi connectivity index (χ0) is 17.6. The van der Waals surface area contributed by atoms with Crippen LogP contribution in [0.25, 0.3) is 0 Å². The van der Waals surface area contributed by atoms with Gasteiger partial charge in [0.15, 0.2) is 0 Å². The summed E-state index contributed by atoms with van der Waals surface area (Å²) in [4.78, 5) is 30.4. The van der Waals surface area contributed by atoms with Crippen LogP contribution in [0.2, 0.25) is 0 Å². The van der Waals surface area contributed by atoms with Crippen LogP contribution in [0.5, 0.6) is 0 Å². The summed E-state index contributed by atoms with van der Waals surface area (Å²) >= 11 is 0. The highest BCUT2D eigenvalue weighted by Gasteiger charge is 2.32. The topological polar surface area (TPSA) is 70.9 Å². The van der Waals surface area contributed by atoms with Gasteiger partial charge in [-0.1, -0.05) is 0 Å². The predicted octanol–water partition coefficient (Wildman–Crippen LogP) is 0.648. The van der Waals surface area contributed by atoms with Gasteiger partial charge < -0.3 is 14.5 Å². The van der Waals surface area contributed by atoms with E-state index in [-0.39, 0.29) is 12.0 Å². The summed E-state index contributed by atoms with van der Waals surface area (Å²) in [5.41, 5.74) is 0. The molecule has 0 N–H and O–H groups in total. The van der Waals surface area contributed by atoms with Gasteiger partial charge in [-0.2, -0.15) is 5.10 Å². The van der Waals surface area contributed by atoms with Crippen molar-refractivity contribution in [3.05, 3.63) is 18.5 Å². The summed E-state index contributed by atoms with van der Waals surface area (Å²) in [7, 11) is 0. The molecule has 25 heavy (non-hydrogen) atoms. The second kappa shape index (κ2) is 8.33. The molecule has 0 radical (unpaired) electrons. The maximum absolute atomic E-state index is 12.4. The molecule has 2 aliphatic rings. The lowest BCUT2D eigenvalue weighted by molar-refractivity contribution is -0.131. The summed E-state index contributed by atoms with van der Waals surface area (Å²) in [6.07, 6.45) is 5.22. The maximum atomic E-state index is 12.4.